The summed E-state index contributed by atoms with van der Waals surface area (Å²) in [4.78, 5) is 22.2. The van der Waals surface area contributed by atoms with Crippen LogP contribution in [0, 0.1) is 0 Å². The van der Waals surface area contributed by atoms with Gasteiger partial charge in [0.2, 0.25) is 6.29 Å². The van der Waals surface area contributed by atoms with Gasteiger partial charge in [-0.1, -0.05) is 6.92 Å². The standard InChI is InChI=1S/C9H16O5/c1-4-5-14-8(11)6-7(10)9(12-2)13-3/h9H,4-6H2,1-3H3. The molecule has 0 aromatic rings. The number of carbonyl (C=O) groups excluding carboxylic acids is 2. The number of ketones is 1. The molecule has 0 spiro atoms. The van der Waals surface area contributed by atoms with Crippen molar-refractivity contribution in [3.05, 3.63) is 0 Å². The van der Waals surface area contributed by atoms with E-state index in [2.05, 4.69) is 9.47 Å². The van der Waals surface area contributed by atoms with E-state index in [1.807, 2.05) is 6.92 Å². The Labute approximate surface area is 83.3 Å². The maximum atomic E-state index is 11.2. The molecule has 0 atom stereocenters. The van der Waals surface area contributed by atoms with Crippen molar-refractivity contribution < 1.29 is 23.8 Å². The van der Waals surface area contributed by atoms with Gasteiger partial charge in [0.1, 0.15) is 6.42 Å². The van der Waals surface area contributed by atoms with Crippen molar-refractivity contribution in [2.24, 2.45) is 0 Å². The van der Waals surface area contributed by atoms with Crippen molar-refractivity contribution in [1.29, 1.82) is 0 Å². The minimum Gasteiger partial charge on any atom is -0.465 e. The second-order valence-corrected chi connectivity index (χ2v) is 2.67. The van der Waals surface area contributed by atoms with Crippen molar-refractivity contribution >= 4 is 11.8 Å². The highest BCUT2D eigenvalue weighted by atomic mass is 16.7. The Morgan fingerprint density at radius 3 is 2.21 bits per heavy atom. The van der Waals surface area contributed by atoms with Gasteiger partial charge in [0.15, 0.2) is 5.78 Å². The lowest BCUT2D eigenvalue weighted by molar-refractivity contribution is -0.162. The molecule has 0 fully saturated rings. The van der Waals surface area contributed by atoms with Gasteiger partial charge in [-0.25, -0.2) is 0 Å². The van der Waals surface area contributed by atoms with Gasteiger partial charge in [0, 0.05) is 14.2 Å². The Kier molecular flexibility index (Phi) is 6.96. The van der Waals surface area contributed by atoms with E-state index in [0.717, 1.165) is 6.42 Å². The van der Waals surface area contributed by atoms with Gasteiger partial charge >= 0.3 is 5.97 Å². The van der Waals surface area contributed by atoms with Gasteiger partial charge in [0.25, 0.3) is 0 Å². The van der Waals surface area contributed by atoms with E-state index < -0.39 is 18.0 Å². The Morgan fingerprint density at radius 2 is 1.79 bits per heavy atom. The van der Waals surface area contributed by atoms with E-state index in [4.69, 9.17) is 4.74 Å². The fraction of sp³-hybridized carbons (Fsp3) is 0.778. The largest absolute Gasteiger partial charge is 0.465 e. The maximum absolute atomic E-state index is 11.2. The first-order valence-corrected chi connectivity index (χ1v) is 4.39. The van der Waals surface area contributed by atoms with Gasteiger partial charge in [-0.3, -0.25) is 9.59 Å². The van der Waals surface area contributed by atoms with E-state index in [9.17, 15) is 9.59 Å². The van der Waals surface area contributed by atoms with E-state index in [1.54, 1.807) is 0 Å². The minimum absolute atomic E-state index is 0.313. The van der Waals surface area contributed by atoms with E-state index in [0.29, 0.717) is 6.61 Å². The van der Waals surface area contributed by atoms with E-state index >= 15 is 0 Å². The SMILES string of the molecule is CCCOC(=O)CC(=O)C(OC)OC. The molecule has 0 aliphatic heterocycles. The molecular formula is C9H16O5. The smallest absolute Gasteiger partial charge is 0.313 e. The predicted molar refractivity (Wildman–Crippen MR) is 48.7 cm³/mol. The molecule has 82 valence electrons. The van der Waals surface area contributed by atoms with Crippen LogP contribution in [0.4, 0.5) is 0 Å². The fourth-order valence-electron chi connectivity index (χ4n) is 0.852. The number of hydrogen-bond acceptors (Lipinski definition) is 5. The molecule has 0 bridgehead atoms. The van der Waals surface area contributed by atoms with Crippen LogP contribution in [0.2, 0.25) is 0 Å². The zero-order chi connectivity index (χ0) is 11.0. The number of esters is 1. The van der Waals surface area contributed by atoms with Crippen molar-refractivity contribution in [2.75, 3.05) is 20.8 Å². The maximum Gasteiger partial charge on any atom is 0.313 e. The number of Topliss-reactive ketones (excluding diaryl/α,β-unsaturated/α-hetero) is 1. The third kappa shape index (κ3) is 4.94. The van der Waals surface area contributed by atoms with Crippen LogP contribution in [-0.2, 0) is 23.8 Å². The molecule has 0 radical (unpaired) electrons. The molecule has 0 saturated heterocycles. The third-order valence-corrected chi connectivity index (χ3v) is 1.48. The summed E-state index contributed by atoms with van der Waals surface area (Å²) in [7, 11) is 2.67. The normalized spacial score (nSPS) is 10.3. The summed E-state index contributed by atoms with van der Waals surface area (Å²) in [6, 6.07) is 0. The zero-order valence-corrected chi connectivity index (χ0v) is 8.74. The lowest BCUT2D eigenvalue weighted by Crippen LogP contribution is -2.27. The monoisotopic (exact) mass is 204 g/mol. The Hall–Kier alpha value is -0.940. The lowest BCUT2D eigenvalue weighted by atomic mass is 10.3. The third-order valence-electron chi connectivity index (χ3n) is 1.48. The number of rotatable bonds is 7. The summed E-state index contributed by atoms with van der Waals surface area (Å²) in [5.41, 5.74) is 0. The number of methoxy groups -OCH3 is 2. The summed E-state index contributed by atoms with van der Waals surface area (Å²) in [6.07, 6.45) is -0.561. The fourth-order valence-corrected chi connectivity index (χ4v) is 0.852. The molecule has 0 N–H and O–H groups in total. The highest BCUT2D eigenvalue weighted by molar-refractivity contribution is 5.97. The average Bonchev–Trinajstić information content (AvgIpc) is 2.16. The molecule has 5 heteroatoms. The Balaban J connectivity index is 3.86. The summed E-state index contributed by atoms with van der Waals surface area (Å²) in [6.45, 7) is 2.21. The summed E-state index contributed by atoms with van der Waals surface area (Å²) in [5.74, 6) is -0.980. The number of carbonyl (C=O) groups is 2. The van der Waals surface area contributed by atoms with Gasteiger partial charge in [-0.2, -0.15) is 0 Å². The first-order valence-electron chi connectivity index (χ1n) is 4.39. The predicted octanol–water partition coefficient (Wildman–Crippen LogP) is 0.518. The second kappa shape index (κ2) is 7.46. The van der Waals surface area contributed by atoms with Gasteiger partial charge in [-0.15, -0.1) is 0 Å². The van der Waals surface area contributed by atoms with Crippen LogP contribution >= 0.6 is 0 Å². The van der Waals surface area contributed by atoms with Crippen LogP contribution in [0.15, 0.2) is 0 Å². The Bertz CT molecular complexity index is 186. The first kappa shape index (κ1) is 13.1. The van der Waals surface area contributed by atoms with Crippen LogP contribution in [0.1, 0.15) is 19.8 Å². The van der Waals surface area contributed by atoms with E-state index in [1.165, 1.54) is 14.2 Å². The molecule has 0 saturated carbocycles. The molecule has 14 heavy (non-hydrogen) atoms. The van der Waals surface area contributed by atoms with Crippen molar-refractivity contribution in [3.8, 4) is 0 Å². The van der Waals surface area contributed by atoms with Gasteiger partial charge in [0.05, 0.1) is 6.61 Å². The molecule has 0 aromatic heterocycles. The summed E-state index contributed by atoms with van der Waals surface area (Å²) >= 11 is 0. The topological polar surface area (TPSA) is 61.8 Å². The average molecular weight is 204 g/mol. The molecule has 0 amide bonds. The Morgan fingerprint density at radius 1 is 1.21 bits per heavy atom. The quantitative estimate of drug-likeness (QED) is 0.343. The van der Waals surface area contributed by atoms with E-state index in [-0.39, 0.29) is 6.42 Å². The molecule has 0 aliphatic rings. The molecule has 0 aliphatic carbocycles. The molecule has 5 nitrogen and oxygen atoms in total. The van der Waals surface area contributed by atoms with Crippen LogP contribution in [0.5, 0.6) is 0 Å². The first-order chi connectivity index (χ1) is 6.65. The molecular weight excluding hydrogens is 188 g/mol. The molecule has 0 rings (SSSR count). The van der Waals surface area contributed by atoms with Gasteiger partial charge in [-0.05, 0) is 6.42 Å². The van der Waals surface area contributed by atoms with Crippen molar-refractivity contribution in [3.63, 3.8) is 0 Å². The molecule has 0 heterocycles. The van der Waals surface area contributed by atoms with Crippen LogP contribution in [0.25, 0.3) is 0 Å². The highest BCUT2D eigenvalue weighted by Crippen LogP contribution is 1.99. The molecule has 0 aromatic carbocycles. The van der Waals surface area contributed by atoms with Gasteiger partial charge < -0.3 is 14.2 Å². The number of ether oxygens (including phenoxy) is 3. The lowest BCUT2D eigenvalue weighted by Gasteiger charge is -2.11. The number of hydrogen-bond donors (Lipinski definition) is 0. The summed E-state index contributed by atoms with van der Waals surface area (Å²) < 4.78 is 14.1. The van der Waals surface area contributed by atoms with Crippen molar-refractivity contribution in [2.45, 2.75) is 26.1 Å². The van der Waals surface area contributed by atoms with Crippen LogP contribution in [0.3, 0.4) is 0 Å². The highest BCUT2D eigenvalue weighted by Gasteiger charge is 2.20. The summed E-state index contributed by atoms with van der Waals surface area (Å²) in [5, 5.41) is 0. The molecule has 0 unspecified atom stereocenters. The van der Waals surface area contributed by atoms with Crippen molar-refractivity contribution in [1.82, 2.24) is 0 Å². The zero-order valence-electron chi connectivity index (χ0n) is 8.74. The second-order valence-electron chi connectivity index (χ2n) is 2.67. The van der Waals surface area contributed by atoms with Crippen LogP contribution < -0.4 is 0 Å². The minimum atomic E-state index is -0.982. The van der Waals surface area contributed by atoms with Crippen LogP contribution in [-0.4, -0.2) is 38.9 Å².